The molecule has 2 unspecified atom stereocenters. The summed E-state index contributed by atoms with van der Waals surface area (Å²) in [6.45, 7) is 3.95. The number of methoxy groups -OCH3 is 2. The maximum atomic E-state index is 12.4. The van der Waals surface area contributed by atoms with Crippen LogP contribution < -0.4 is 20.3 Å². The number of rotatable bonds is 9. The first kappa shape index (κ1) is 28.8. The average molecular weight is 586 g/mol. The van der Waals surface area contributed by atoms with Crippen molar-refractivity contribution in [3.05, 3.63) is 101 Å². The van der Waals surface area contributed by atoms with Crippen molar-refractivity contribution in [2.24, 2.45) is 0 Å². The van der Waals surface area contributed by atoms with Gasteiger partial charge in [-0.2, -0.15) is 0 Å². The number of thiocarbonyl (C=S) groups is 1. The molecule has 1 saturated heterocycles. The number of carboxylic acids is 1. The Morgan fingerprint density at radius 2 is 1.79 bits per heavy atom. The zero-order chi connectivity index (χ0) is 30.0. The summed E-state index contributed by atoms with van der Waals surface area (Å²) >= 11 is 5.91. The van der Waals surface area contributed by atoms with Crippen LogP contribution in [0.3, 0.4) is 0 Å². The first-order chi connectivity index (χ1) is 20.2. The summed E-state index contributed by atoms with van der Waals surface area (Å²) in [7, 11) is 3.00. The molecule has 42 heavy (non-hydrogen) atoms. The highest BCUT2D eigenvalue weighted by atomic mass is 32.1. The van der Waals surface area contributed by atoms with Crippen LogP contribution in [-0.4, -0.2) is 52.5 Å². The van der Waals surface area contributed by atoms with Gasteiger partial charge in [0.1, 0.15) is 12.4 Å². The van der Waals surface area contributed by atoms with Gasteiger partial charge in [-0.15, -0.1) is 0 Å². The number of benzene rings is 2. The molecule has 0 saturated carbocycles. The Bertz CT molecular complexity index is 1640. The molecule has 5 rings (SSSR count). The maximum Gasteiger partial charge on any atom is 0.335 e. The number of pyridine rings is 1. The van der Waals surface area contributed by atoms with Gasteiger partial charge in [0.15, 0.2) is 5.11 Å². The van der Waals surface area contributed by atoms with E-state index in [4.69, 9.17) is 21.7 Å². The predicted octanol–water partition coefficient (Wildman–Crippen LogP) is 4.96. The predicted molar refractivity (Wildman–Crippen MR) is 164 cm³/mol. The van der Waals surface area contributed by atoms with Crippen LogP contribution in [0.5, 0.6) is 5.75 Å². The molecule has 0 bridgehead atoms. The van der Waals surface area contributed by atoms with Gasteiger partial charge in [0.05, 0.1) is 36.1 Å². The summed E-state index contributed by atoms with van der Waals surface area (Å²) in [5, 5.41) is 16.2. The fourth-order valence-electron chi connectivity index (χ4n) is 5.45. The van der Waals surface area contributed by atoms with E-state index >= 15 is 0 Å². The number of ether oxygens (including phenoxy) is 2. The van der Waals surface area contributed by atoms with Crippen LogP contribution >= 0.6 is 12.2 Å². The zero-order valence-electron chi connectivity index (χ0n) is 23.6. The van der Waals surface area contributed by atoms with Crippen molar-refractivity contribution in [3.63, 3.8) is 0 Å². The van der Waals surface area contributed by atoms with Gasteiger partial charge in [0, 0.05) is 36.1 Å². The van der Waals surface area contributed by atoms with E-state index in [2.05, 4.69) is 26.3 Å². The Hall–Kier alpha value is -4.74. The van der Waals surface area contributed by atoms with Crippen LogP contribution in [0.4, 0.5) is 11.4 Å². The molecule has 3 heterocycles. The molecule has 0 radical (unpaired) electrons. The van der Waals surface area contributed by atoms with Crippen molar-refractivity contribution in [2.45, 2.75) is 25.9 Å². The quantitative estimate of drug-likeness (QED) is 0.234. The molecule has 216 valence electrons. The third-order valence-electron chi connectivity index (χ3n) is 7.27. The van der Waals surface area contributed by atoms with Crippen LogP contribution in [0.2, 0.25) is 0 Å². The van der Waals surface area contributed by atoms with Crippen molar-refractivity contribution in [1.82, 2.24) is 14.9 Å². The van der Waals surface area contributed by atoms with Crippen LogP contribution in [0, 0.1) is 13.8 Å². The van der Waals surface area contributed by atoms with Gasteiger partial charge < -0.3 is 34.7 Å². The molecule has 4 aromatic rings. The summed E-state index contributed by atoms with van der Waals surface area (Å²) < 4.78 is 12.6. The lowest BCUT2D eigenvalue weighted by Crippen LogP contribution is -2.29. The minimum atomic E-state index is -0.972. The molecule has 1 amide bonds. The highest BCUT2D eigenvalue weighted by molar-refractivity contribution is 7.80. The number of nitrogens with zero attached hydrogens (tertiary/aromatic N) is 3. The average Bonchev–Trinajstić information content (AvgIpc) is 3.48. The summed E-state index contributed by atoms with van der Waals surface area (Å²) in [6.07, 6.45) is 1.75. The molecule has 1 aliphatic rings. The Kier molecular flexibility index (Phi) is 8.23. The highest BCUT2D eigenvalue weighted by Gasteiger charge is 2.42. The topological polar surface area (TPSA) is 118 Å². The van der Waals surface area contributed by atoms with Gasteiger partial charge in [-0.05, 0) is 92.3 Å². The van der Waals surface area contributed by atoms with E-state index in [0.717, 1.165) is 34.0 Å². The molecule has 11 heteroatoms. The molecule has 10 nitrogen and oxygen atoms in total. The standard InChI is InChI=1S/C31H31N5O5S/c1-18-15-23(19(2)35(18)21-10-8-20(9-11-21)30(38)39)29-28(24-7-5-6-14-32-24)34-31(42)36(29)22-12-13-26(41-4)25(16-22)33-27(37)17-40-3/h5-16,28-29H,17H2,1-4H3,(H,33,37)(H,34,42)(H,38,39). The number of carbonyl (C=O) groups is 2. The number of aryl methyl sites for hydroxylation is 1. The van der Waals surface area contributed by atoms with Crippen LogP contribution in [0.15, 0.2) is 72.9 Å². The number of hydrogen-bond donors (Lipinski definition) is 3. The lowest BCUT2D eigenvalue weighted by molar-refractivity contribution is -0.119. The van der Waals surface area contributed by atoms with Gasteiger partial charge in [0.25, 0.3) is 0 Å². The number of amides is 1. The van der Waals surface area contributed by atoms with Crippen LogP contribution in [0.1, 0.15) is 45.1 Å². The second-order valence-corrected chi connectivity index (χ2v) is 10.3. The number of anilines is 2. The zero-order valence-corrected chi connectivity index (χ0v) is 24.4. The maximum absolute atomic E-state index is 12.4. The number of aromatic carboxylic acids is 1. The molecule has 3 N–H and O–H groups in total. The fourth-order valence-corrected chi connectivity index (χ4v) is 5.79. The Balaban J connectivity index is 1.63. The third kappa shape index (κ3) is 5.44. The SMILES string of the molecule is COCC(=O)Nc1cc(N2C(=S)NC(c3ccccn3)C2c2cc(C)n(-c3ccc(C(=O)O)cc3)c2C)ccc1OC. The van der Waals surface area contributed by atoms with Gasteiger partial charge in [-0.25, -0.2) is 4.79 Å². The number of carboxylic acid groups (broad SMARTS) is 1. The molecular formula is C31H31N5O5S. The second kappa shape index (κ2) is 12.0. The summed E-state index contributed by atoms with van der Waals surface area (Å²) in [5.74, 6) is -0.780. The fraction of sp³-hybridized carbons (Fsp3) is 0.226. The Morgan fingerprint density at radius 1 is 1.05 bits per heavy atom. The highest BCUT2D eigenvalue weighted by Crippen LogP contribution is 2.45. The van der Waals surface area contributed by atoms with Crippen LogP contribution in [0.25, 0.3) is 5.69 Å². The third-order valence-corrected chi connectivity index (χ3v) is 7.58. The van der Waals surface area contributed by atoms with Gasteiger partial charge in [-0.3, -0.25) is 9.78 Å². The number of nitrogens with one attached hydrogen (secondary N) is 2. The molecule has 0 spiro atoms. The van der Waals surface area contributed by atoms with E-state index in [0.29, 0.717) is 16.5 Å². The molecule has 1 fully saturated rings. The van der Waals surface area contributed by atoms with E-state index < -0.39 is 5.97 Å². The molecule has 0 aliphatic carbocycles. The van der Waals surface area contributed by atoms with E-state index in [-0.39, 0.29) is 30.2 Å². The van der Waals surface area contributed by atoms with E-state index in [1.165, 1.54) is 7.11 Å². The second-order valence-electron chi connectivity index (χ2n) is 9.88. The molecule has 2 atom stereocenters. The number of hydrogen-bond acceptors (Lipinski definition) is 6. The minimum Gasteiger partial charge on any atom is -0.495 e. The molecule has 2 aromatic carbocycles. The van der Waals surface area contributed by atoms with Crippen molar-refractivity contribution < 1.29 is 24.2 Å². The van der Waals surface area contributed by atoms with Crippen molar-refractivity contribution in [2.75, 3.05) is 31.0 Å². The summed E-state index contributed by atoms with van der Waals surface area (Å²) in [4.78, 5) is 30.5. The van der Waals surface area contributed by atoms with E-state index in [9.17, 15) is 14.7 Å². The largest absolute Gasteiger partial charge is 0.495 e. The van der Waals surface area contributed by atoms with Crippen molar-refractivity contribution >= 4 is 40.6 Å². The lowest BCUT2D eigenvalue weighted by atomic mass is 9.96. The first-order valence-corrected chi connectivity index (χ1v) is 13.6. The number of aromatic nitrogens is 2. The first-order valence-electron chi connectivity index (χ1n) is 13.2. The van der Waals surface area contributed by atoms with Crippen molar-refractivity contribution in [1.29, 1.82) is 0 Å². The molecular weight excluding hydrogens is 554 g/mol. The smallest absolute Gasteiger partial charge is 0.335 e. The number of carbonyl (C=O) groups excluding carboxylic acids is 1. The lowest BCUT2D eigenvalue weighted by Gasteiger charge is -2.29. The summed E-state index contributed by atoms with van der Waals surface area (Å²) in [6, 6.07) is 19.6. The summed E-state index contributed by atoms with van der Waals surface area (Å²) in [5.41, 5.74) is 6.10. The normalized spacial score (nSPS) is 16.3. The Labute approximate surface area is 248 Å². The molecule has 2 aromatic heterocycles. The van der Waals surface area contributed by atoms with Gasteiger partial charge in [-0.1, -0.05) is 6.07 Å². The van der Waals surface area contributed by atoms with Gasteiger partial charge in [0.2, 0.25) is 5.91 Å². The monoisotopic (exact) mass is 585 g/mol. The molecule has 1 aliphatic heterocycles. The minimum absolute atomic E-state index is 0.0964. The van der Waals surface area contributed by atoms with Gasteiger partial charge >= 0.3 is 5.97 Å². The van der Waals surface area contributed by atoms with E-state index in [1.54, 1.807) is 43.6 Å². The Morgan fingerprint density at radius 3 is 2.43 bits per heavy atom. The van der Waals surface area contributed by atoms with Crippen LogP contribution in [-0.2, 0) is 9.53 Å². The van der Waals surface area contributed by atoms with E-state index in [1.807, 2.05) is 49.1 Å². The van der Waals surface area contributed by atoms with Crippen molar-refractivity contribution in [3.8, 4) is 11.4 Å².